The second kappa shape index (κ2) is 7.97. The van der Waals surface area contributed by atoms with E-state index < -0.39 is 29.0 Å². The highest BCUT2D eigenvalue weighted by molar-refractivity contribution is 6.05. The summed E-state index contributed by atoms with van der Waals surface area (Å²) < 4.78 is 39.3. The maximum absolute atomic E-state index is 13.8. The van der Waals surface area contributed by atoms with Crippen LogP contribution in [-0.4, -0.2) is 10.9 Å². The Balaban J connectivity index is 2.08. The Morgan fingerprint density at radius 2 is 1.21 bits per heavy atom. The van der Waals surface area contributed by atoms with Crippen LogP contribution in [0.15, 0.2) is 72.3 Å². The number of aliphatic hydroxyl groups excluding tert-OH is 1. The van der Waals surface area contributed by atoms with Crippen molar-refractivity contribution in [3.63, 3.8) is 0 Å². The van der Waals surface area contributed by atoms with Gasteiger partial charge in [-0.3, -0.25) is 4.79 Å². The van der Waals surface area contributed by atoms with Gasteiger partial charge in [0.2, 0.25) is 11.6 Å². The molecule has 0 amide bonds. The van der Waals surface area contributed by atoms with Gasteiger partial charge in [-0.2, -0.15) is 4.39 Å². The van der Waals surface area contributed by atoms with Gasteiger partial charge in [-0.1, -0.05) is 36.4 Å². The van der Waals surface area contributed by atoms with E-state index in [9.17, 15) is 23.1 Å². The summed E-state index contributed by atoms with van der Waals surface area (Å²) in [4.78, 5) is 11.6. The standard InChI is InChI=1S/C19H13F3O2/c20-15-7-1-13(2-8-15)5-11-17(23)19(22)18(24)12-6-14-3-9-16(21)10-4-14/h1-12,23H/b11-5+,12-6+,19-17+. The van der Waals surface area contributed by atoms with Gasteiger partial charge in [0, 0.05) is 0 Å². The monoisotopic (exact) mass is 330 g/mol. The summed E-state index contributed by atoms with van der Waals surface area (Å²) in [5.41, 5.74) is 1.05. The van der Waals surface area contributed by atoms with Crippen molar-refractivity contribution in [3.05, 3.63) is 95.0 Å². The molecule has 2 aromatic rings. The maximum atomic E-state index is 13.8. The number of rotatable bonds is 5. The minimum absolute atomic E-state index is 0.417. The van der Waals surface area contributed by atoms with Gasteiger partial charge in [-0.15, -0.1) is 0 Å². The number of carbonyl (C=O) groups is 1. The minimum atomic E-state index is -1.33. The second-order valence-electron chi connectivity index (χ2n) is 4.83. The van der Waals surface area contributed by atoms with E-state index in [1.165, 1.54) is 60.7 Å². The average Bonchev–Trinajstić information content (AvgIpc) is 2.59. The number of hydrogen-bond donors (Lipinski definition) is 1. The van der Waals surface area contributed by atoms with E-state index in [0.29, 0.717) is 11.1 Å². The zero-order chi connectivity index (χ0) is 17.5. The van der Waals surface area contributed by atoms with Crippen LogP contribution in [0, 0.1) is 11.6 Å². The van der Waals surface area contributed by atoms with E-state index in [1.54, 1.807) is 0 Å². The SMILES string of the molecule is O=C(/C=C/c1ccc(F)cc1)/C(F)=C(O)/C=C/c1ccc(F)cc1. The molecule has 0 aliphatic carbocycles. The summed E-state index contributed by atoms with van der Waals surface area (Å²) >= 11 is 0. The van der Waals surface area contributed by atoms with Crippen LogP contribution in [-0.2, 0) is 4.79 Å². The third-order valence-corrected chi connectivity index (χ3v) is 3.04. The van der Waals surface area contributed by atoms with E-state index in [2.05, 4.69) is 0 Å². The highest BCUT2D eigenvalue weighted by Gasteiger charge is 2.10. The molecule has 0 aliphatic heterocycles. The topological polar surface area (TPSA) is 37.3 Å². The van der Waals surface area contributed by atoms with Crippen molar-refractivity contribution in [3.8, 4) is 0 Å². The molecule has 122 valence electrons. The van der Waals surface area contributed by atoms with Gasteiger partial charge in [0.25, 0.3) is 0 Å². The molecule has 0 aromatic heterocycles. The Morgan fingerprint density at radius 3 is 1.67 bits per heavy atom. The quantitative estimate of drug-likeness (QED) is 0.476. The fourth-order valence-electron chi connectivity index (χ4n) is 1.77. The summed E-state index contributed by atoms with van der Waals surface area (Å²) in [6.07, 6.45) is 4.58. The molecule has 0 heterocycles. The number of hydrogen-bond acceptors (Lipinski definition) is 2. The molecular formula is C19H13F3O2. The third kappa shape index (κ3) is 4.98. The summed E-state index contributed by atoms with van der Waals surface area (Å²) in [7, 11) is 0. The smallest absolute Gasteiger partial charge is 0.218 e. The lowest BCUT2D eigenvalue weighted by atomic mass is 10.1. The molecule has 0 bridgehead atoms. The number of allylic oxidation sites excluding steroid dienone is 3. The summed E-state index contributed by atoms with van der Waals surface area (Å²) in [6.45, 7) is 0. The molecule has 0 spiro atoms. The Bertz CT molecular complexity index is 802. The van der Waals surface area contributed by atoms with Crippen molar-refractivity contribution in [2.45, 2.75) is 0 Å². The Hall–Kier alpha value is -3.08. The first kappa shape index (κ1) is 17.3. The van der Waals surface area contributed by atoms with Gasteiger partial charge < -0.3 is 5.11 Å². The number of halogens is 3. The molecule has 24 heavy (non-hydrogen) atoms. The lowest BCUT2D eigenvalue weighted by Gasteiger charge is -1.96. The molecule has 1 N–H and O–H groups in total. The van der Waals surface area contributed by atoms with Crippen LogP contribution in [0.3, 0.4) is 0 Å². The van der Waals surface area contributed by atoms with Gasteiger partial charge in [0.15, 0.2) is 5.76 Å². The lowest BCUT2D eigenvalue weighted by Crippen LogP contribution is -1.96. The molecule has 2 nitrogen and oxygen atoms in total. The van der Waals surface area contributed by atoms with Crippen LogP contribution in [0.4, 0.5) is 13.2 Å². The first-order valence-electron chi connectivity index (χ1n) is 6.96. The summed E-state index contributed by atoms with van der Waals surface area (Å²) in [6, 6.07) is 10.6. The van der Waals surface area contributed by atoms with Gasteiger partial charge in [-0.05, 0) is 47.5 Å². The molecule has 0 radical (unpaired) electrons. The maximum Gasteiger partial charge on any atom is 0.218 e. The minimum Gasteiger partial charge on any atom is -0.505 e. The highest BCUT2D eigenvalue weighted by atomic mass is 19.1. The van der Waals surface area contributed by atoms with Crippen LogP contribution >= 0.6 is 0 Å². The van der Waals surface area contributed by atoms with Crippen LogP contribution in [0.1, 0.15) is 11.1 Å². The van der Waals surface area contributed by atoms with E-state index in [0.717, 1.165) is 12.2 Å². The number of aliphatic hydroxyl groups is 1. The van der Waals surface area contributed by atoms with Crippen molar-refractivity contribution < 1.29 is 23.1 Å². The van der Waals surface area contributed by atoms with Crippen LogP contribution in [0.2, 0.25) is 0 Å². The van der Waals surface area contributed by atoms with E-state index in [1.807, 2.05) is 0 Å². The summed E-state index contributed by atoms with van der Waals surface area (Å²) in [5.74, 6) is -4.03. The molecule has 0 unspecified atom stereocenters. The van der Waals surface area contributed by atoms with Gasteiger partial charge in [-0.25, -0.2) is 8.78 Å². The molecule has 0 saturated carbocycles. The zero-order valence-corrected chi connectivity index (χ0v) is 12.4. The van der Waals surface area contributed by atoms with Crippen molar-refractivity contribution in [1.29, 1.82) is 0 Å². The molecular weight excluding hydrogens is 317 g/mol. The number of carbonyl (C=O) groups excluding carboxylic acids is 1. The van der Waals surface area contributed by atoms with Gasteiger partial charge in [0.1, 0.15) is 11.6 Å². The predicted octanol–water partition coefficient (Wildman–Crippen LogP) is 5.00. The number of ketones is 1. The van der Waals surface area contributed by atoms with E-state index in [4.69, 9.17) is 0 Å². The van der Waals surface area contributed by atoms with Crippen molar-refractivity contribution in [2.24, 2.45) is 0 Å². The molecule has 0 fully saturated rings. The molecule has 0 saturated heterocycles. The highest BCUT2D eigenvalue weighted by Crippen LogP contribution is 2.12. The van der Waals surface area contributed by atoms with Crippen molar-refractivity contribution in [2.75, 3.05) is 0 Å². The Morgan fingerprint density at radius 1 is 0.792 bits per heavy atom. The molecule has 5 heteroatoms. The lowest BCUT2D eigenvalue weighted by molar-refractivity contribution is -0.112. The second-order valence-corrected chi connectivity index (χ2v) is 4.83. The predicted molar refractivity (Wildman–Crippen MR) is 86.6 cm³/mol. The number of benzene rings is 2. The largest absolute Gasteiger partial charge is 0.505 e. The molecule has 0 atom stereocenters. The van der Waals surface area contributed by atoms with E-state index in [-0.39, 0.29) is 0 Å². The zero-order valence-electron chi connectivity index (χ0n) is 12.4. The Kier molecular flexibility index (Phi) is 5.73. The van der Waals surface area contributed by atoms with Crippen molar-refractivity contribution >= 4 is 17.9 Å². The summed E-state index contributed by atoms with van der Waals surface area (Å²) in [5, 5.41) is 9.58. The first-order chi connectivity index (χ1) is 11.5. The van der Waals surface area contributed by atoms with Crippen LogP contribution < -0.4 is 0 Å². The molecule has 0 aliphatic rings. The van der Waals surface area contributed by atoms with Crippen molar-refractivity contribution in [1.82, 2.24) is 0 Å². The fourth-order valence-corrected chi connectivity index (χ4v) is 1.77. The van der Waals surface area contributed by atoms with E-state index >= 15 is 0 Å². The molecule has 2 rings (SSSR count). The van der Waals surface area contributed by atoms with Crippen LogP contribution in [0.5, 0.6) is 0 Å². The molecule has 2 aromatic carbocycles. The third-order valence-electron chi connectivity index (χ3n) is 3.04. The average molecular weight is 330 g/mol. The fraction of sp³-hybridized carbons (Fsp3) is 0. The van der Waals surface area contributed by atoms with Crippen LogP contribution in [0.25, 0.3) is 12.2 Å². The van der Waals surface area contributed by atoms with Gasteiger partial charge in [0.05, 0.1) is 0 Å². The Labute approximate surface area is 136 Å². The normalized spacial score (nSPS) is 12.6. The van der Waals surface area contributed by atoms with Gasteiger partial charge >= 0.3 is 0 Å². The first-order valence-corrected chi connectivity index (χ1v) is 6.96.